The van der Waals surface area contributed by atoms with Crippen LogP contribution in [0.25, 0.3) is 22.3 Å². The fraction of sp³-hybridized carbons (Fsp3) is 0.296. The summed E-state index contributed by atoms with van der Waals surface area (Å²) in [5.41, 5.74) is 14.2. The first-order valence-corrected chi connectivity index (χ1v) is 15.9. The standard InChI is InChI=1S/C18H16IN5O6.C9H10IN5O2/c1-2-27-12(25)6-24-16-13(21-18(24)20)14(19)22-15(23-16)17(26)28-7-9-3-4-10-11(5-9)30-8-29-10;1-5(16)17-3-2-15-4-12-6-7(10)13-9(11)14-8(6)15/h3-5H,2,6-8H2,1H3,(H2,20,21);4H,2-3H2,1H3,(H2,11,13,14). The number of ether oxygens (including phenoxy) is 5. The topological polar surface area (TPSA) is 237 Å². The van der Waals surface area contributed by atoms with Crippen molar-refractivity contribution in [3.8, 4) is 11.5 Å². The van der Waals surface area contributed by atoms with Crippen molar-refractivity contribution in [3.63, 3.8) is 0 Å². The molecule has 246 valence electrons. The van der Waals surface area contributed by atoms with E-state index in [9.17, 15) is 14.4 Å². The third-order valence-corrected chi connectivity index (χ3v) is 7.74. The SMILES string of the molecule is CC(=O)OCCn1cnc2c(I)nc(N)nc21.CCOC(=O)Cn1c(N)nc2c(I)nc(C(=O)OCc3ccc4c(c3)OCO4)nc21. The highest BCUT2D eigenvalue weighted by molar-refractivity contribution is 14.1. The number of carbonyl (C=O) groups is 3. The van der Waals surface area contributed by atoms with Crippen molar-refractivity contribution in [2.75, 3.05) is 31.5 Å². The van der Waals surface area contributed by atoms with Crippen molar-refractivity contribution in [3.05, 3.63) is 43.3 Å². The second-order valence-electron chi connectivity index (χ2n) is 9.46. The fourth-order valence-electron chi connectivity index (χ4n) is 4.19. The lowest BCUT2D eigenvalue weighted by Crippen LogP contribution is -2.17. The van der Waals surface area contributed by atoms with E-state index in [2.05, 4.69) is 52.5 Å². The molecule has 1 aromatic carbocycles. The number of imidazole rings is 2. The van der Waals surface area contributed by atoms with Crippen LogP contribution in [0.2, 0.25) is 0 Å². The Morgan fingerprint density at radius 1 is 0.936 bits per heavy atom. The van der Waals surface area contributed by atoms with Gasteiger partial charge in [0.2, 0.25) is 24.5 Å². The minimum absolute atomic E-state index is 0.00231. The molecule has 5 aromatic rings. The molecule has 1 aliphatic heterocycles. The lowest BCUT2D eigenvalue weighted by molar-refractivity contribution is -0.144. The van der Waals surface area contributed by atoms with E-state index in [1.54, 1.807) is 36.0 Å². The van der Waals surface area contributed by atoms with Gasteiger partial charge in [0.25, 0.3) is 0 Å². The molecule has 0 amide bonds. The number of esters is 3. The number of nitrogens with zero attached hydrogens (tertiary/aromatic N) is 8. The summed E-state index contributed by atoms with van der Waals surface area (Å²) in [6, 6.07) is 5.25. The molecule has 4 aromatic heterocycles. The summed E-state index contributed by atoms with van der Waals surface area (Å²) in [5, 5.41) is 0. The molecule has 4 N–H and O–H groups in total. The van der Waals surface area contributed by atoms with Crippen LogP contribution >= 0.6 is 45.2 Å². The number of aromatic nitrogens is 8. The molecule has 0 saturated carbocycles. The van der Waals surface area contributed by atoms with Crippen molar-refractivity contribution < 1.29 is 38.1 Å². The van der Waals surface area contributed by atoms with Crippen LogP contribution in [0.3, 0.4) is 0 Å². The quantitative estimate of drug-likeness (QED) is 0.0935. The molecule has 0 unspecified atom stereocenters. The van der Waals surface area contributed by atoms with E-state index in [1.165, 1.54) is 11.5 Å². The van der Waals surface area contributed by atoms with E-state index in [0.717, 1.165) is 5.56 Å². The van der Waals surface area contributed by atoms with E-state index in [1.807, 2.05) is 22.6 Å². The Labute approximate surface area is 292 Å². The van der Waals surface area contributed by atoms with Gasteiger partial charge in [0.1, 0.15) is 38.2 Å². The molecular weight excluding hydrogens is 846 g/mol. The Kier molecular flexibility index (Phi) is 10.7. The van der Waals surface area contributed by atoms with Crippen molar-refractivity contribution in [1.82, 2.24) is 39.0 Å². The molecule has 0 aliphatic carbocycles. The van der Waals surface area contributed by atoms with Gasteiger partial charge in [0.15, 0.2) is 22.8 Å². The summed E-state index contributed by atoms with van der Waals surface area (Å²) in [5.74, 6) is -0.197. The number of hydrogen-bond acceptors (Lipinski definition) is 16. The first kappa shape index (κ1) is 33.7. The maximum atomic E-state index is 12.5. The lowest BCUT2D eigenvalue weighted by atomic mass is 10.2. The van der Waals surface area contributed by atoms with Gasteiger partial charge in [-0.15, -0.1) is 0 Å². The third-order valence-electron chi connectivity index (χ3n) is 6.24. The Balaban J connectivity index is 0.000000216. The van der Waals surface area contributed by atoms with Crippen LogP contribution in [0, 0.1) is 7.40 Å². The van der Waals surface area contributed by atoms with E-state index < -0.39 is 11.9 Å². The zero-order valence-corrected chi connectivity index (χ0v) is 29.1. The molecule has 0 atom stereocenters. The van der Waals surface area contributed by atoms with Crippen LogP contribution in [0.15, 0.2) is 24.5 Å². The van der Waals surface area contributed by atoms with Gasteiger partial charge in [-0.25, -0.2) is 29.7 Å². The summed E-state index contributed by atoms with van der Waals surface area (Å²) >= 11 is 3.97. The van der Waals surface area contributed by atoms with E-state index in [4.69, 9.17) is 35.2 Å². The lowest BCUT2D eigenvalue weighted by Gasteiger charge is -2.07. The van der Waals surface area contributed by atoms with Crippen LogP contribution in [0.5, 0.6) is 11.5 Å². The van der Waals surface area contributed by atoms with Gasteiger partial charge < -0.3 is 39.7 Å². The van der Waals surface area contributed by atoms with Crippen LogP contribution in [0.1, 0.15) is 30.0 Å². The Hall–Kier alpha value is -4.61. The average molecular weight is 872 g/mol. The van der Waals surface area contributed by atoms with Crippen molar-refractivity contribution in [1.29, 1.82) is 0 Å². The number of benzene rings is 1. The van der Waals surface area contributed by atoms with Gasteiger partial charge in [0.05, 0.1) is 19.5 Å². The normalized spacial score (nSPS) is 11.7. The molecule has 0 fully saturated rings. The Bertz CT molecular complexity index is 1980. The number of anilines is 2. The Morgan fingerprint density at radius 3 is 2.47 bits per heavy atom. The largest absolute Gasteiger partial charge is 0.465 e. The number of carbonyl (C=O) groups excluding carboxylic acids is 3. The summed E-state index contributed by atoms with van der Waals surface area (Å²) in [4.78, 5) is 59.9. The van der Waals surface area contributed by atoms with Gasteiger partial charge in [-0.05, 0) is 69.8 Å². The van der Waals surface area contributed by atoms with Gasteiger partial charge in [-0.2, -0.15) is 4.98 Å². The number of hydrogen-bond donors (Lipinski definition) is 2. The first-order chi connectivity index (χ1) is 22.5. The minimum Gasteiger partial charge on any atom is -0.465 e. The predicted molar refractivity (Wildman–Crippen MR) is 180 cm³/mol. The molecule has 47 heavy (non-hydrogen) atoms. The van der Waals surface area contributed by atoms with E-state index >= 15 is 0 Å². The smallest absolute Gasteiger partial charge is 0.376 e. The number of halogens is 2. The number of fused-ring (bicyclic) bond motifs is 3. The van der Waals surface area contributed by atoms with Crippen molar-refractivity contribution in [2.24, 2.45) is 0 Å². The maximum absolute atomic E-state index is 12.5. The number of rotatable bonds is 9. The minimum atomic E-state index is -0.727. The summed E-state index contributed by atoms with van der Waals surface area (Å²) in [6.07, 6.45) is 1.63. The van der Waals surface area contributed by atoms with Gasteiger partial charge in [-0.1, -0.05) is 6.07 Å². The van der Waals surface area contributed by atoms with Crippen LogP contribution in [-0.2, 0) is 43.5 Å². The van der Waals surface area contributed by atoms with E-state index in [-0.39, 0.29) is 62.5 Å². The average Bonchev–Trinajstić information content (AvgIpc) is 3.74. The third kappa shape index (κ3) is 8.04. The van der Waals surface area contributed by atoms with Crippen LogP contribution < -0.4 is 20.9 Å². The molecule has 0 radical (unpaired) electrons. The predicted octanol–water partition coefficient (Wildman–Crippen LogP) is 2.24. The molecule has 5 heterocycles. The highest BCUT2D eigenvalue weighted by atomic mass is 127. The van der Waals surface area contributed by atoms with E-state index in [0.29, 0.717) is 42.1 Å². The molecule has 0 spiro atoms. The summed E-state index contributed by atoms with van der Waals surface area (Å²) in [7, 11) is 0. The van der Waals surface area contributed by atoms with Crippen LogP contribution in [-0.4, -0.2) is 77.0 Å². The van der Waals surface area contributed by atoms with Crippen LogP contribution in [0.4, 0.5) is 11.9 Å². The molecule has 0 saturated heterocycles. The van der Waals surface area contributed by atoms with Gasteiger partial charge >= 0.3 is 17.9 Å². The monoisotopic (exact) mass is 872 g/mol. The fourth-order valence-corrected chi connectivity index (χ4v) is 5.41. The van der Waals surface area contributed by atoms with Crippen molar-refractivity contribution in [2.45, 2.75) is 33.5 Å². The second kappa shape index (κ2) is 14.9. The molecule has 6 rings (SSSR count). The maximum Gasteiger partial charge on any atom is 0.376 e. The molecular formula is C27H26I2N10O8. The van der Waals surface area contributed by atoms with Crippen molar-refractivity contribution >= 4 is 97.3 Å². The number of nitrogen functional groups attached to an aromatic ring is 2. The Morgan fingerprint density at radius 2 is 1.70 bits per heavy atom. The highest BCUT2D eigenvalue weighted by Crippen LogP contribution is 2.32. The zero-order valence-electron chi connectivity index (χ0n) is 24.8. The summed E-state index contributed by atoms with van der Waals surface area (Å²) in [6.45, 7) is 4.04. The van der Waals surface area contributed by atoms with Gasteiger partial charge in [-0.3, -0.25) is 14.2 Å². The molecule has 20 heteroatoms. The molecule has 0 bridgehead atoms. The van der Waals surface area contributed by atoms with Gasteiger partial charge in [0, 0.05) is 6.92 Å². The number of nitrogens with two attached hydrogens (primary N) is 2. The molecule has 1 aliphatic rings. The zero-order chi connectivity index (χ0) is 33.7. The summed E-state index contributed by atoms with van der Waals surface area (Å²) < 4.78 is 30.0. The molecule has 18 nitrogen and oxygen atoms in total. The first-order valence-electron chi connectivity index (χ1n) is 13.7. The highest BCUT2D eigenvalue weighted by Gasteiger charge is 2.22. The second-order valence-corrected chi connectivity index (χ2v) is 11.5.